The SMILES string of the molecule is SCCCCOc1ccc(-c2c3nc(c(-c4ccccc4)c4ccc([nH]4)c(-c4ccccc4)c4nc(c(-c5ccccc5)c5ccc2[nH]5)C=C4)C=C3)cc1. The monoisotopic (exact) mass is 718 g/mol. The van der Waals surface area contributed by atoms with Crippen LogP contribution >= 0.6 is 12.6 Å². The highest BCUT2D eigenvalue weighted by Crippen LogP contribution is 2.38. The largest absolute Gasteiger partial charge is 0.494 e. The minimum absolute atomic E-state index is 0.670. The molecule has 8 bridgehead atoms. The van der Waals surface area contributed by atoms with Gasteiger partial charge in [-0.2, -0.15) is 12.6 Å². The third kappa shape index (κ3) is 6.57. The van der Waals surface area contributed by atoms with E-state index in [2.05, 4.69) is 168 Å². The molecule has 54 heavy (non-hydrogen) atoms. The summed E-state index contributed by atoms with van der Waals surface area (Å²) in [5.41, 5.74) is 15.8. The zero-order valence-corrected chi connectivity index (χ0v) is 30.6. The van der Waals surface area contributed by atoms with Crippen molar-refractivity contribution in [3.8, 4) is 50.3 Å². The predicted octanol–water partition coefficient (Wildman–Crippen LogP) is 12.4. The van der Waals surface area contributed by atoms with Gasteiger partial charge in [-0.05, 0) is 102 Å². The van der Waals surface area contributed by atoms with Crippen LogP contribution in [0.1, 0.15) is 35.6 Å². The Bertz CT molecular complexity index is 2640. The van der Waals surface area contributed by atoms with E-state index in [1.54, 1.807) is 0 Å². The van der Waals surface area contributed by atoms with Crippen molar-refractivity contribution in [2.45, 2.75) is 12.8 Å². The average Bonchev–Trinajstić information content (AvgIpc) is 4.06. The summed E-state index contributed by atoms with van der Waals surface area (Å²) in [5, 5.41) is 0. The van der Waals surface area contributed by atoms with Crippen LogP contribution in [0, 0.1) is 0 Å². The van der Waals surface area contributed by atoms with Crippen LogP contribution in [-0.2, 0) is 0 Å². The fourth-order valence-corrected chi connectivity index (χ4v) is 7.58. The molecule has 2 N–H and O–H groups in total. The number of hydrogen-bond donors (Lipinski definition) is 3. The highest BCUT2D eigenvalue weighted by atomic mass is 32.1. The van der Waals surface area contributed by atoms with Gasteiger partial charge in [0.15, 0.2) is 0 Å². The lowest BCUT2D eigenvalue weighted by molar-refractivity contribution is 0.310. The zero-order valence-electron chi connectivity index (χ0n) is 29.7. The summed E-state index contributed by atoms with van der Waals surface area (Å²) in [4.78, 5) is 18.4. The first kappa shape index (κ1) is 33.5. The van der Waals surface area contributed by atoms with Crippen LogP contribution < -0.4 is 4.74 Å². The van der Waals surface area contributed by atoms with Gasteiger partial charge in [0.05, 0.1) is 29.4 Å². The van der Waals surface area contributed by atoms with Crippen LogP contribution in [-0.4, -0.2) is 32.3 Å². The smallest absolute Gasteiger partial charge is 0.119 e. The highest BCUT2D eigenvalue weighted by Gasteiger charge is 2.19. The van der Waals surface area contributed by atoms with Gasteiger partial charge in [-0.25, -0.2) is 9.97 Å². The van der Waals surface area contributed by atoms with E-state index in [0.29, 0.717) is 6.61 Å². The topological polar surface area (TPSA) is 66.6 Å². The maximum atomic E-state index is 6.07. The summed E-state index contributed by atoms with van der Waals surface area (Å²) in [5.74, 6) is 1.71. The maximum absolute atomic E-state index is 6.07. The van der Waals surface area contributed by atoms with Crippen molar-refractivity contribution in [1.82, 2.24) is 19.9 Å². The lowest BCUT2D eigenvalue weighted by Crippen LogP contribution is -1.97. The molecule has 0 amide bonds. The van der Waals surface area contributed by atoms with E-state index in [9.17, 15) is 0 Å². The van der Waals surface area contributed by atoms with Crippen molar-refractivity contribution in [2.75, 3.05) is 12.4 Å². The molecule has 0 saturated heterocycles. The van der Waals surface area contributed by atoms with Crippen molar-refractivity contribution in [3.63, 3.8) is 0 Å². The number of ether oxygens (including phenoxy) is 1. The minimum Gasteiger partial charge on any atom is -0.494 e. The number of nitrogens with zero attached hydrogens (tertiary/aromatic N) is 2. The van der Waals surface area contributed by atoms with E-state index in [1.165, 1.54) is 0 Å². The number of H-pyrrole nitrogens is 2. The number of benzene rings is 4. The van der Waals surface area contributed by atoms with Crippen LogP contribution in [0.5, 0.6) is 5.75 Å². The Balaban J connectivity index is 1.38. The van der Waals surface area contributed by atoms with Crippen LogP contribution in [0.15, 0.2) is 140 Å². The van der Waals surface area contributed by atoms with Gasteiger partial charge in [0.2, 0.25) is 0 Å². The van der Waals surface area contributed by atoms with Gasteiger partial charge < -0.3 is 14.7 Å². The van der Waals surface area contributed by atoms with Gasteiger partial charge in [0.25, 0.3) is 0 Å². The molecule has 2 aliphatic heterocycles. The number of thiol groups is 1. The standard InChI is InChI=1S/C48H38N4OS/c54-31-11-10-30-53-36-20-18-35(19-21-36)48-43-28-26-41(51-43)46(33-14-6-2-7-15-33)39-24-22-37(49-39)45(32-12-4-1-5-13-32)38-23-25-40(50-38)47(34-16-8-3-9-17-34)42-27-29-44(48)52-42/h1-9,12-29,49,52,54H,10-11,30-31H2. The molecule has 262 valence electrons. The number of aromatic nitrogens is 4. The highest BCUT2D eigenvalue weighted by molar-refractivity contribution is 7.80. The molecule has 3 aromatic heterocycles. The van der Waals surface area contributed by atoms with Crippen molar-refractivity contribution in [3.05, 3.63) is 162 Å². The minimum atomic E-state index is 0.670. The van der Waals surface area contributed by atoms with E-state index >= 15 is 0 Å². The molecule has 6 heteroatoms. The van der Waals surface area contributed by atoms with E-state index in [0.717, 1.165) is 114 Å². The molecule has 5 heterocycles. The van der Waals surface area contributed by atoms with Crippen molar-refractivity contribution >= 4 is 59.0 Å². The van der Waals surface area contributed by atoms with Crippen molar-refractivity contribution in [2.24, 2.45) is 0 Å². The Labute approximate surface area is 320 Å². The first-order valence-corrected chi connectivity index (χ1v) is 19.0. The number of nitrogens with one attached hydrogen (secondary N) is 2. The second-order valence-corrected chi connectivity index (χ2v) is 13.9. The predicted molar refractivity (Wildman–Crippen MR) is 229 cm³/mol. The number of unbranched alkanes of at least 4 members (excludes halogenated alkanes) is 1. The Kier molecular flexibility index (Phi) is 9.25. The normalized spacial score (nSPS) is 11.9. The van der Waals surface area contributed by atoms with E-state index in [1.807, 2.05) is 18.2 Å². The summed E-state index contributed by atoms with van der Waals surface area (Å²) >= 11 is 4.34. The summed E-state index contributed by atoms with van der Waals surface area (Å²) in [7, 11) is 0. The molecule has 0 atom stereocenters. The first-order chi connectivity index (χ1) is 26.7. The van der Waals surface area contributed by atoms with Gasteiger partial charge >= 0.3 is 0 Å². The molecule has 7 aromatic rings. The fraction of sp³-hybridized carbons (Fsp3) is 0.0833. The van der Waals surface area contributed by atoms with Crippen LogP contribution in [0.2, 0.25) is 0 Å². The van der Waals surface area contributed by atoms with Crippen LogP contribution in [0.4, 0.5) is 0 Å². The Hall–Kier alpha value is -6.37. The summed E-state index contributed by atoms with van der Waals surface area (Å²) < 4.78 is 6.07. The van der Waals surface area contributed by atoms with Gasteiger partial charge in [0.1, 0.15) is 5.75 Å². The third-order valence-corrected chi connectivity index (χ3v) is 10.2. The molecule has 0 spiro atoms. The van der Waals surface area contributed by atoms with Gasteiger partial charge in [-0.1, -0.05) is 103 Å². The van der Waals surface area contributed by atoms with Gasteiger partial charge in [-0.15, -0.1) is 0 Å². The third-order valence-electron chi connectivity index (χ3n) is 9.91. The Morgan fingerprint density at radius 3 is 1.11 bits per heavy atom. The quantitative estimate of drug-likeness (QED) is 0.103. The van der Waals surface area contributed by atoms with Crippen LogP contribution in [0.25, 0.3) is 90.9 Å². The van der Waals surface area contributed by atoms with Crippen molar-refractivity contribution < 1.29 is 4.74 Å². The van der Waals surface area contributed by atoms with E-state index < -0.39 is 0 Å². The molecule has 0 aliphatic carbocycles. The van der Waals surface area contributed by atoms with Gasteiger partial charge in [0, 0.05) is 44.3 Å². The number of hydrogen-bond acceptors (Lipinski definition) is 4. The molecule has 4 aromatic carbocycles. The van der Waals surface area contributed by atoms with Gasteiger partial charge in [-0.3, -0.25) is 0 Å². The lowest BCUT2D eigenvalue weighted by atomic mass is 10.0. The molecule has 0 fully saturated rings. The molecule has 0 radical (unpaired) electrons. The lowest BCUT2D eigenvalue weighted by Gasteiger charge is -2.08. The molecule has 2 aliphatic rings. The Morgan fingerprint density at radius 1 is 0.407 bits per heavy atom. The molecule has 5 nitrogen and oxygen atoms in total. The number of fused-ring (bicyclic) bond motifs is 8. The molecule has 9 rings (SSSR count). The average molecular weight is 719 g/mol. The molecular formula is C48H38N4OS. The zero-order chi connectivity index (χ0) is 36.3. The number of aromatic amines is 2. The molecule has 0 unspecified atom stereocenters. The van der Waals surface area contributed by atoms with Crippen LogP contribution in [0.3, 0.4) is 0 Å². The maximum Gasteiger partial charge on any atom is 0.119 e. The van der Waals surface area contributed by atoms with Crippen molar-refractivity contribution in [1.29, 1.82) is 0 Å². The second kappa shape index (κ2) is 14.9. The second-order valence-electron chi connectivity index (χ2n) is 13.4. The number of rotatable bonds is 9. The molecule has 0 saturated carbocycles. The summed E-state index contributed by atoms with van der Waals surface area (Å²) in [6.45, 7) is 0.670. The summed E-state index contributed by atoms with van der Waals surface area (Å²) in [6.07, 6.45) is 10.5. The first-order valence-electron chi connectivity index (χ1n) is 18.4. The van der Waals surface area contributed by atoms with E-state index in [4.69, 9.17) is 14.7 Å². The van der Waals surface area contributed by atoms with E-state index in [-0.39, 0.29) is 0 Å². The fourth-order valence-electron chi connectivity index (χ4n) is 7.36. The molecular weight excluding hydrogens is 681 g/mol. The Morgan fingerprint density at radius 2 is 0.759 bits per heavy atom. The summed E-state index contributed by atoms with van der Waals surface area (Å²) in [6, 6.07) is 48.5.